The molecule has 0 spiro atoms. The second-order valence-corrected chi connectivity index (χ2v) is 5.12. The number of carbonyl (C=O) groups excluding carboxylic acids is 3. The minimum Gasteiger partial charge on any atom is -0.469 e. The minimum absolute atomic E-state index is 0.0287. The van der Waals surface area contributed by atoms with Crippen molar-refractivity contribution in [1.29, 1.82) is 0 Å². The Morgan fingerprint density at radius 2 is 1.82 bits per heavy atom. The predicted molar refractivity (Wildman–Crippen MR) is 80.5 cm³/mol. The summed E-state index contributed by atoms with van der Waals surface area (Å²) in [6.45, 7) is 1.64. The summed E-state index contributed by atoms with van der Waals surface area (Å²) in [6.07, 6.45) is -0.0287. The molecule has 0 radical (unpaired) electrons. The topological polar surface area (TPSA) is 81.7 Å². The van der Waals surface area contributed by atoms with Crippen molar-refractivity contribution in [2.24, 2.45) is 5.92 Å². The summed E-state index contributed by atoms with van der Waals surface area (Å²) in [5.41, 5.74) is 0.239. The highest BCUT2D eigenvalue weighted by atomic mass is 35.5. The highest BCUT2D eigenvalue weighted by Crippen LogP contribution is 2.17. The lowest BCUT2D eigenvalue weighted by Gasteiger charge is -2.22. The zero-order valence-corrected chi connectivity index (χ0v) is 13.3. The second kappa shape index (κ2) is 8.38. The molecule has 2 atom stereocenters. The van der Waals surface area contributed by atoms with Gasteiger partial charge in [0, 0.05) is 0 Å². The van der Waals surface area contributed by atoms with Crippen LogP contribution in [-0.2, 0) is 19.1 Å². The quantitative estimate of drug-likeness (QED) is 0.806. The van der Waals surface area contributed by atoms with Gasteiger partial charge in [0.15, 0.2) is 0 Å². The van der Waals surface area contributed by atoms with Crippen molar-refractivity contribution < 1.29 is 23.9 Å². The number of hydrogen-bond acceptors (Lipinski definition) is 5. The Labute approximate surface area is 133 Å². The Hall–Kier alpha value is -2.08. The van der Waals surface area contributed by atoms with Gasteiger partial charge < -0.3 is 14.8 Å². The molecular weight excluding hydrogens is 310 g/mol. The van der Waals surface area contributed by atoms with Crippen LogP contribution in [0.25, 0.3) is 0 Å². The number of amides is 1. The van der Waals surface area contributed by atoms with Gasteiger partial charge in [-0.25, -0.2) is 4.79 Å². The minimum atomic E-state index is -0.979. The maximum Gasteiger partial charge on any atom is 0.328 e. The Bertz CT molecular complexity index is 561. The summed E-state index contributed by atoms with van der Waals surface area (Å²) < 4.78 is 9.25. The fourth-order valence-electron chi connectivity index (χ4n) is 1.89. The molecule has 0 heterocycles. The number of rotatable bonds is 6. The monoisotopic (exact) mass is 327 g/mol. The van der Waals surface area contributed by atoms with Crippen LogP contribution in [-0.4, -0.2) is 38.1 Å². The van der Waals surface area contributed by atoms with E-state index in [4.69, 9.17) is 11.6 Å². The molecule has 0 aliphatic carbocycles. The van der Waals surface area contributed by atoms with E-state index < -0.39 is 29.8 Å². The summed E-state index contributed by atoms with van der Waals surface area (Å²) >= 11 is 5.95. The van der Waals surface area contributed by atoms with Crippen molar-refractivity contribution in [1.82, 2.24) is 5.32 Å². The predicted octanol–water partition coefficient (Wildman–Crippen LogP) is 1.81. The molecular formula is C15H18ClNO5. The SMILES string of the molecule is COC(=O)C[C@@H](C)[C@@H](NC(=O)c1ccccc1Cl)C(=O)OC. The van der Waals surface area contributed by atoms with Crippen LogP contribution in [0.2, 0.25) is 5.02 Å². The third kappa shape index (κ3) is 4.73. The van der Waals surface area contributed by atoms with E-state index in [0.717, 1.165) is 0 Å². The van der Waals surface area contributed by atoms with E-state index in [2.05, 4.69) is 14.8 Å². The van der Waals surface area contributed by atoms with Crippen molar-refractivity contribution >= 4 is 29.4 Å². The average molecular weight is 328 g/mol. The Kier molecular flexibility index (Phi) is 6.85. The van der Waals surface area contributed by atoms with Crippen LogP contribution in [0.1, 0.15) is 23.7 Å². The van der Waals surface area contributed by atoms with Crippen LogP contribution in [0.15, 0.2) is 24.3 Å². The van der Waals surface area contributed by atoms with E-state index in [0.29, 0.717) is 0 Å². The van der Waals surface area contributed by atoms with Gasteiger partial charge in [-0.3, -0.25) is 9.59 Å². The number of ether oxygens (including phenoxy) is 2. The molecule has 1 rings (SSSR count). The van der Waals surface area contributed by atoms with E-state index in [-0.39, 0.29) is 17.0 Å². The van der Waals surface area contributed by atoms with Crippen LogP contribution in [0, 0.1) is 5.92 Å². The fourth-order valence-corrected chi connectivity index (χ4v) is 2.11. The molecule has 1 N–H and O–H groups in total. The highest BCUT2D eigenvalue weighted by Gasteiger charge is 2.30. The number of benzene rings is 1. The van der Waals surface area contributed by atoms with Crippen LogP contribution in [0.5, 0.6) is 0 Å². The summed E-state index contributed by atoms with van der Waals surface area (Å²) in [4.78, 5) is 35.4. The highest BCUT2D eigenvalue weighted by molar-refractivity contribution is 6.33. The smallest absolute Gasteiger partial charge is 0.328 e. The Morgan fingerprint density at radius 3 is 2.36 bits per heavy atom. The average Bonchev–Trinajstić information content (AvgIpc) is 2.51. The van der Waals surface area contributed by atoms with E-state index >= 15 is 0 Å². The third-order valence-corrected chi connectivity index (χ3v) is 3.48. The lowest BCUT2D eigenvalue weighted by Crippen LogP contribution is -2.46. The van der Waals surface area contributed by atoms with Crippen LogP contribution in [0.3, 0.4) is 0 Å². The van der Waals surface area contributed by atoms with Gasteiger partial charge in [0.1, 0.15) is 6.04 Å². The first-order valence-electron chi connectivity index (χ1n) is 6.60. The summed E-state index contributed by atoms with van der Waals surface area (Å²) in [7, 11) is 2.46. The zero-order valence-electron chi connectivity index (χ0n) is 12.6. The van der Waals surface area contributed by atoms with Gasteiger partial charge in [0.25, 0.3) is 5.91 Å². The molecule has 6 nitrogen and oxygen atoms in total. The molecule has 22 heavy (non-hydrogen) atoms. The summed E-state index contributed by atoms with van der Waals surface area (Å²) in [5, 5.41) is 2.82. The molecule has 0 aliphatic heterocycles. The van der Waals surface area contributed by atoms with Crippen molar-refractivity contribution in [3.63, 3.8) is 0 Å². The molecule has 0 aromatic heterocycles. The number of carbonyl (C=O) groups is 3. The molecule has 0 unspecified atom stereocenters. The zero-order chi connectivity index (χ0) is 16.7. The first-order valence-corrected chi connectivity index (χ1v) is 6.98. The van der Waals surface area contributed by atoms with Crippen LogP contribution in [0.4, 0.5) is 0 Å². The lowest BCUT2D eigenvalue weighted by molar-refractivity contribution is -0.146. The Morgan fingerprint density at radius 1 is 1.18 bits per heavy atom. The maximum absolute atomic E-state index is 12.2. The largest absolute Gasteiger partial charge is 0.469 e. The number of methoxy groups -OCH3 is 2. The van der Waals surface area contributed by atoms with Crippen LogP contribution < -0.4 is 5.32 Å². The van der Waals surface area contributed by atoms with Gasteiger partial charge in [0.05, 0.1) is 31.2 Å². The molecule has 1 amide bonds. The van der Waals surface area contributed by atoms with Crippen molar-refractivity contribution in [2.45, 2.75) is 19.4 Å². The number of halogens is 1. The molecule has 0 saturated heterocycles. The lowest BCUT2D eigenvalue weighted by atomic mass is 9.98. The van der Waals surface area contributed by atoms with Gasteiger partial charge in [-0.15, -0.1) is 0 Å². The van der Waals surface area contributed by atoms with Gasteiger partial charge in [-0.05, 0) is 18.1 Å². The number of hydrogen-bond donors (Lipinski definition) is 1. The van der Waals surface area contributed by atoms with Gasteiger partial charge in [-0.2, -0.15) is 0 Å². The molecule has 0 fully saturated rings. The molecule has 0 bridgehead atoms. The van der Waals surface area contributed by atoms with E-state index in [1.54, 1.807) is 25.1 Å². The molecule has 7 heteroatoms. The number of nitrogens with one attached hydrogen (secondary N) is 1. The van der Waals surface area contributed by atoms with Gasteiger partial charge in [-0.1, -0.05) is 30.7 Å². The van der Waals surface area contributed by atoms with Crippen molar-refractivity contribution in [3.8, 4) is 0 Å². The second-order valence-electron chi connectivity index (χ2n) is 4.71. The molecule has 0 saturated carbocycles. The molecule has 0 aliphatic rings. The fraction of sp³-hybridized carbons (Fsp3) is 0.400. The Balaban J connectivity index is 2.90. The molecule has 1 aromatic rings. The van der Waals surface area contributed by atoms with E-state index in [9.17, 15) is 14.4 Å². The summed E-state index contributed by atoms with van der Waals surface area (Å²) in [6, 6.07) is 5.48. The third-order valence-electron chi connectivity index (χ3n) is 3.15. The first kappa shape index (κ1) is 18.0. The van der Waals surface area contributed by atoms with E-state index in [1.807, 2.05) is 0 Å². The number of esters is 2. The first-order chi connectivity index (χ1) is 10.4. The van der Waals surface area contributed by atoms with Gasteiger partial charge in [0.2, 0.25) is 0 Å². The molecule has 1 aromatic carbocycles. The van der Waals surface area contributed by atoms with Crippen molar-refractivity contribution in [2.75, 3.05) is 14.2 Å². The maximum atomic E-state index is 12.2. The van der Waals surface area contributed by atoms with Crippen molar-refractivity contribution in [3.05, 3.63) is 34.9 Å². The normalized spacial score (nSPS) is 12.9. The van der Waals surface area contributed by atoms with E-state index in [1.165, 1.54) is 20.3 Å². The molecule has 120 valence electrons. The van der Waals surface area contributed by atoms with Crippen LogP contribution >= 0.6 is 11.6 Å². The van der Waals surface area contributed by atoms with Gasteiger partial charge >= 0.3 is 11.9 Å². The standard InChI is InChI=1S/C15H18ClNO5/c1-9(8-12(18)21-2)13(15(20)22-3)17-14(19)10-6-4-5-7-11(10)16/h4-7,9,13H,8H2,1-3H3,(H,17,19)/t9-,13-/m1/s1. The summed E-state index contributed by atoms with van der Waals surface area (Å²) in [5.74, 6) is -2.13.